The van der Waals surface area contributed by atoms with Crippen LogP contribution in [0.4, 0.5) is 0 Å². The first-order valence-electron chi connectivity index (χ1n) is 5.61. The van der Waals surface area contributed by atoms with Gasteiger partial charge in [-0.25, -0.2) is 4.98 Å². The lowest BCUT2D eigenvalue weighted by Crippen LogP contribution is -1.99. The van der Waals surface area contributed by atoms with Gasteiger partial charge >= 0.3 is 0 Å². The van der Waals surface area contributed by atoms with Crippen LogP contribution in [0.2, 0.25) is 0 Å². The molecule has 2 nitrogen and oxygen atoms in total. The minimum Gasteiger partial charge on any atom is -0.330 e. The molecule has 0 radical (unpaired) electrons. The Kier molecular flexibility index (Phi) is 4.31. The van der Waals surface area contributed by atoms with Gasteiger partial charge < -0.3 is 5.73 Å². The lowest BCUT2D eigenvalue weighted by molar-refractivity contribution is 0.826. The molecule has 90 valence electrons. The zero-order valence-electron chi connectivity index (χ0n) is 9.74. The fourth-order valence-electron chi connectivity index (χ4n) is 1.67. The van der Waals surface area contributed by atoms with E-state index >= 15 is 0 Å². The molecule has 0 aliphatic carbocycles. The first kappa shape index (κ1) is 12.7. The Bertz CT molecular complexity index is 508. The topological polar surface area (TPSA) is 38.9 Å². The molecule has 2 aromatic rings. The normalized spacial score (nSPS) is 10.8. The van der Waals surface area contributed by atoms with E-state index in [-0.39, 0.29) is 0 Å². The lowest BCUT2D eigenvalue weighted by Gasteiger charge is -2.02. The third-order valence-corrected chi connectivity index (χ3v) is 4.02. The van der Waals surface area contributed by atoms with Gasteiger partial charge in [-0.3, -0.25) is 0 Å². The van der Waals surface area contributed by atoms with Crippen molar-refractivity contribution in [2.45, 2.75) is 19.8 Å². The number of halogens is 1. The Hall–Kier alpha value is -0.710. The van der Waals surface area contributed by atoms with E-state index < -0.39 is 0 Å². The summed E-state index contributed by atoms with van der Waals surface area (Å²) in [5.74, 6) is 0. The van der Waals surface area contributed by atoms with Gasteiger partial charge in [0, 0.05) is 21.8 Å². The van der Waals surface area contributed by atoms with E-state index in [0.717, 1.165) is 29.6 Å². The van der Waals surface area contributed by atoms with Crippen molar-refractivity contribution in [1.82, 2.24) is 4.98 Å². The quantitative estimate of drug-likeness (QED) is 0.933. The van der Waals surface area contributed by atoms with E-state index in [1.807, 2.05) is 0 Å². The number of rotatable bonds is 4. The van der Waals surface area contributed by atoms with E-state index in [4.69, 9.17) is 5.73 Å². The largest absolute Gasteiger partial charge is 0.330 e. The zero-order valence-corrected chi connectivity index (χ0v) is 12.1. The molecule has 0 saturated heterocycles. The first-order valence-corrected chi connectivity index (χ1v) is 7.29. The van der Waals surface area contributed by atoms with Crippen molar-refractivity contribution in [3.05, 3.63) is 38.6 Å². The second kappa shape index (κ2) is 5.76. The molecule has 0 unspecified atom stereocenters. The van der Waals surface area contributed by atoms with Crippen LogP contribution in [0.5, 0.6) is 0 Å². The zero-order chi connectivity index (χ0) is 12.3. The summed E-state index contributed by atoms with van der Waals surface area (Å²) >= 11 is 5.22. The fraction of sp³-hybridized carbons (Fsp3) is 0.308. The highest BCUT2D eigenvalue weighted by Crippen LogP contribution is 2.28. The summed E-state index contributed by atoms with van der Waals surface area (Å²) < 4.78 is 1.09. The number of thiazole rings is 1. The minimum absolute atomic E-state index is 0.727. The predicted molar refractivity (Wildman–Crippen MR) is 77.4 cm³/mol. The van der Waals surface area contributed by atoms with Gasteiger partial charge in [0.2, 0.25) is 0 Å². The number of nitrogens with two attached hydrogens (primary N) is 1. The Morgan fingerprint density at radius 3 is 3.00 bits per heavy atom. The van der Waals surface area contributed by atoms with E-state index in [9.17, 15) is 0 Å². The van der Waals surface area contributed by atoms with Crippen LogP contribution < -0.4 is 5.73 Å². The maximum Gasteiger partial charge on any atom is 0.0933 e. The molecule has 17 heavy (non-hydrogen) atoms. The summed E-state index contributed by atoms with van der Waals surface area (Å²) in [5, 5.41) is 3.30. The molecular weight excluding hydrogens is 296 g/mol. The second-order valence-electron chi connectivity index (χ2n) is 3.98. The monoisotopic (exact) mass is 310 g/mol. The molecule has 0 aliphatic rings. The smallest absolute Gasteiger partial charge is 0.0933 e. The van der Waals surface area contributed by atoms with Gasteiger partial charge in [0.15, 0.2) is 0 Å². The SMILES string of the molecule is Cc1ccc(Br)cc1-c1csc(CCCN)n1. The Balaban J connectivity index is 2.27. The lowest BCUT2D eigenvalue weighted by atomic mass is 10.1. The van der Waals surface area contributed by atoms with Gasteiger partial charge in [0.1, 0.15) is 0 Å². The van der Waals surface area contributed by atoms with Crippen molar-refractivity contribution in [2.24, 2.45) is 5.73 Å². The fourth-order valence-corrected chi connectivity index (χ4v) is 2.87. The number of nitrogens with zero attached hydrogens (tertiary/aromatic N) is 1. The maximum absolute atomic E-state index is 5.51. The molecule has 0 spiro atoms. The number of aryl methyl sites for hydroxylation is 2. The van der Waals surface area contributed by atoms with Gasteiger partial charge in [-0.15, -0.1) is 11.3 Å². The minimum atomic E-state index is 0.727. The van der Waals surface area contributed by atoms with E-state index in [0.29, 0.717) is 0 Å². The maximum atomic E-state index is 5.51. The van der Waals surface area contributed by atoms with Crippen molar-refractivity contribution in [1.29, 1.82) is 0 Å². The number of aromatic nitrogens is 1. The van der Waals surface area contributed by atoms with Gasteiger partial charge in [0.05, 0.1) is 10.7 Å². The number of hydrogen-bond acceptors (Lipinski definition) is 3. The Morgan fingerprint density at radius 1 is 1.41 bits per heavy atom. The van der Waals surface area contributed by atoms with Gasteiger partial charge in [-0.2, -0.15) is 0 Å². The predicted octanol–water partition coefficient (Wildman–Crippen LogP) is 3.77. The standard InChI is InChI=1S/C13H15BrN2S/c1-9-4-5-10(14)7-11(9)12-8-17-13(16-12)3-2-6-15/h4-5,7-8H,2-3,6,15H2,1H3. The van der Waals surface area contributed by atoms with Crippen molar-refractivity contribution in [3.63, 3.8) is 0 Å². The number of hydrogen-bond donors (Lipinski definition) is 1. The third-order valence-electron chi connectivity index (χ3n) is 2.62. The van der Waals surface area contributed by atoms with E-state index in [1.165, 1.54) is 16.1 Å². The summed E-state index contributed by atoms with van der Waals surface area (Å²) in [4.78, 5) is 4.66. The molecule has 0 fully saturated rings. The molecule has 4 heteroatoms. The van der Waals surface area contributed by atoms with Gasteiger partial charge in [0.25, 0.3) is 0 Å². The summed E-state index contributed by atoms with van der Waals surface area (Å²) in [6, 6.07) is 6.29. The second-order valence-corrected chi connectivity index (χ2v) is 5.84. The highest BCUT2D eigenvalue weighted by molar-refractivity contribution is 9.10. The average molecular weight is 311 g/mol. The van der Waals surface area contributed by atoms with Gasteiger partial charge in [-0.1, -0.05) is 22.0 Å². The molecule has 0 bridgehead atoms. The molecule has 0 atom stereocenters. The van der Waals surface area contributed by atoms with E-state index in [2.05, 4.69) is 51.4 Å². The van der Waals surface area contributed by atoms with Crippen molar-refractivity contribution < 1.29 is 0 Å². The highest BCUT2D eigenvalue weighted by atomic mass is 79.9. The average Bonchev–Trinajstić information content (AvgIpc) is 2.78. The van der Waals surface area contributed by atoms with Crippen LogP contribution in [0.15, 0.2) is 28.1 Å². The molecule has 2 rings (SSSR count). The molecule has 1 aromatic carbocycles. The molecule has 0 saturated carbocycles. The van der Waals surface area contributed by atoms with Crippen LogP contribution in [0.3, 0.4) is 0 Å². The molecule has 0 aliphatic heterocycles. The Labute approximate surface area is 114 Å². The molecular formula is C13H15BrN2S. The molecule has 1 aromatic heterocycles. The third kappa shape index (κ3) is 3.15. The van der Waals surface area contributed by atoms with Crippen LogP contribution in [-0.4, -0.2) is 11.5 Å². The number of benzene rings is 1. The Morgan fingerprint density at radius 2 is 2.24 bits per heavy atom. The summed E-state index contributed by atoms with van der Waals surface area (Å²) in [6.45, 7) is 2.84. The van der Waals surface area contributed by atoms with Crippen LogP contribution in [0.25, 0.3) is 11.3 Å². The first-order chi connectivity index (χ1) is 8.20. The summed E-state index contributed by atoms with van der Waals surface area (Å²) in [7, 11) is 0. The van der Waals surface area contributed by atoms with Gasteiger partial charge in [-0.05, 0) is 37.6 Å². The summed E-state index contributed by atoms with van der Waals surface area (Å²) in [5.41, 5.74) is 9.04. The highest BCUT2D eigenvalue weighted by Gasteiger charge is 2.07. The van der Waals surface area contributed by atoms with Crippen molar-refractivity contribution >= 4 is 27.3 Å². The van der Waals surface area contributed by atoms with E-state index in [1.54, 1.807) is 11.3 Å². The van der Waals surface area contributed by atoms with Crippen LogP contribution >= 0.6 is 27.3 Å². The van der Waals surface area contributed by atoms with Crippen molar-refractivity contribution in [3.8, 4) is 11.3 Å². The van der Waals surface area contributed by atoms with Crippen LogP contribution in [-0.2, 0) is 6.42 Å². The molecule has 0 amide bonds. The van der Waals surface area contributed by atoms with Crippen molar-refractivity contribution in [2.75, 3.05) is 6.54 Å². The summed E-state index contributed by atoms with van der Waals surface area (Å²) in [6.07, 6.45) is 1.98. The molecule has 2 N–H and O–H groups in total. The van der Waals surface area contributed by atoms with Crippen LogP contribution in [0.1, 0.15) is 17.0 Å². The van der Waals surface area contributed by atoms with Crippen LogP contribution in [0, 0.1) is 6.92 Å². The molecule has 1 heterocycles.